The van der Waals surface area contributed by atoms with Crippen molar-refractivity contribution >= 4 is 17.5 Å². The van der Waals surface area contributed by atoms with Gasteiger partial charge in [0.25, 0.3) is 5.91 Å². The molecule has 1 saturated carbocycles. The Balaban J connectivity index is 1.79. The molecule has 1 N–H and O–H groups in total. The number of nitrogens with one attached hydrogen (secondary N) is 1. The Morgan fingerprint density at radius 1 is 1.03 bits per heavy atom. The lowest BCUT2D eigenvalue weighted by molar-refractivity contribution is -0.123. The van der Waals surface area contributed by atoms with Crippen molar-refractivity contribution in [2.45, 2.75) is 44.2 Å². The second kappa shape index (κ2) is 10.9. The van der Waals surface area contributed by atoms with E-state index in [0.717, 1.165) is 32.1 Å². The first-order valence-corrected chi connectivity index (χ1v) is 11.4. The topological polar surface area (TPSA) is 84.4 Å². The van der Waals surface area contributed by atoms with Gasteiger partial charge in [0.05, 0.1) is 13.3 Å². The number of nitrogens with zero attached hydrogens (tertiary/aromatic N) is 3. The average Bonchev–Trinajstić information content (AvgIpc) is 2.89. The minimum absolute atomic E-state index is 0.0357. The first-order chi connectivity index (χ1) is 16.6. The zero-order valence-electron chi connectivity index (χ0n) is 19.0. The van der Waals surface area contributed by atoms with Gasteiger partial charge in [0.2, 0.25) is 5.91 Å². The number of rotatable bonds is 7. The van der Waals surface area contributed by atoms with E-state index in [1.165, 1.54) is 47.8 Å². The number of anilines is 1. The molecule has 1 aromatic heterocycles. The van der Waals surface area contributed by atoms with Crippen molar-refractivity contribution in [3.8, 4) is 5.75 Å². The van der Waals surface area contributed by atoms with Gasteiger partial charge in [0.1, 0.15) is 23.3 Å². The molecule has 1 aliphatic carbocycles. The molecule has 3 aromatic rings. The highest BCUT2D eigenvalue weighted by molar-refractivity contribution is 6.09. The summed E-state index contributed by atoms with van der Waals surface area (Å²) < 4.78 is 19.0. The van der Waals surface area contributed by atoms with Gasteiger partial charge in [0, 0.05) is 24.1 Å². The lowest BCUT2D eigenvalue weighted by atomic mass is 9.94. The summed E-state index contributed by atoms with van der Waals surface area (Å²) in [5.74, 6) is -0.634. The van der Waals surface area contributed by atoms with Gasteiger partial charge in [-0.15, -0.1) is 0 Å². The smallest absolute Gasteiger partial charge is 0.279 e. The summed E-state index contributed by atoms with van der Waals surface area (Å²) in [6.07, 6.45) is 9.29. The van der Waals surface area contributed by atoms with E-state index in [2.05, 4.69) is 15.3 Å². The third-order valence-corrected chi connectivity index (χ3v) is 6.00. The molecule has 2 amide bonds. The second-order valence-electron chi connectivity index (χ2n) is 8.26. The number of aromatic nitrogens is 2. The molecule has 1 heterocycles. The van der Waals surface area contributed by atoms with E-state index in [0.29, 0.717) is 17.0 Å². The zero-order valence-corrected chi connectivity index (χ0v) is 19.0. The normalized spacial score (nSPS) is 14.8. The minimum Gasteiger partial charge on any atom is -0.497 e. The van der Waals surface area contributed by atoms with Gasteiger partial charge in [-0.2, -0.15) is 0 Å². The van der Waals surface area contributed by atoms with E-state index in [1.807, 2.05) is 0 Å². The number of benzene rings is 2. The summed E-state index contributed by atoms with van der Waals surface area (Å²) in [6, 6.07) is 11.5. The molecule has 0 bridgehead atoms. The maximum atomic E-state index is 13.7. The Morgan fingerprint density at radius 3 is 2.35 bits per heavy atom. The maximum Gasteiger partial charge on any atom is 0.279 e. The summed E-state index contributed by atoms with van der Waals surface area (Å²) in [6.45, 7) is 0. The molecule has 0 saturated heterocycles. The van der Waals surface area contributed by atoms with Gasteiger partial charge >= 0.3 is 0 Å². The number of methoxy groups -OCH3 is 1. The lowest BCUT2D eigenvalue weighted by Crippen LogP contribution is -2.47. The van der Waals surface area contributed by atoms with Gasteiger partial charge in [-0.1, -0.05) is 31.4 Å². The predicted molar refractivity (Wildman–Crippen MR) is 126 cm³/mol. The Kier molecular flexibility index (Phi) is 7.47. The van der Waals surface area contributed by atoms with Gasteiger partial charge in [-0.05, 0) is 54.8 Å². The average molecular weight is 463 g/mol. The van der Waals surface area contributed by atoms with Crippen LogP contribution >= 0.6 is 0 Å². The van der Waals surface area contributed by atoms with E-state index in [4.69, 9.17) is 4.74 Å². The number of carbonyl (C=O) groups excluding carboxylic acids is 2. The zero-order chi connectivity index (χ0) is 23.9. The van der Waals surface area contributed by atoms with Crippen LogP contribution < -0.4 is 15.0 Å². The minimum atomic E-state index is -1.04. The third kappa shape index (κ3) is 5.39. The Morgan fingerprint density at radius 2 is 1.74 bits per heavy atom. The molecule has 8 heteroatoms. The molecule has 176 valence electrons. The number of carbonyl (C=O) groups is 2. The number of halogens is 1. The molecule has 2 aromatic carbocycles. The molecule has 0 unspecified atom stereocenters. The lowest BCUT2D eigenvalue weighted by Gasteiger charge is -2.33. The van der Waals surface area contributed by atoms with E-state index < -0.39 is 17.8 Å². The molecule has 1 atom stereocenters. The fourth-order valence-corrected chi connectivity index (χ4v) is 4.25. The van der Waals surface area contributed by atoms with Crippen LogP contribution in [0.25, 0.3) is 0 Å². The fourth-order valence-electron chi connectivity index (χ4n) is 4.25. The van der Waals surface area contributed by atoms with Crippen LogP contribution in [0.2, 0.25) is 0 Å². The monoisotopic (exact) mass is 462 g/mol. The SMILES string of the molecule is COc1ccc(N(C(=O)c2cnccn2)[C@@H](C(=O)NC2CCCCC2)c2ccc(F)cc2)cc1. The predicted octanol–water partition coefficient (Wildman–Crippen LogP) is 4.46. The van der Waals surface area contributed by atoms with Crippen molar-refractivity contribution in [1.29, 1.82) is 0 Å². The van der Waals surface area contributed by atoms with Gasteiger partial charge in [0.15, 0.2) is 0 Å². The van der Waals surface area contributed by atoms with Crippen molar-refractivity contribution in [2.24, 2.45) is 0 Å². The number of ether oxygens (including phenoxy) is 1. The van der Waals surface area contributed by atoms with E-state index >= 15 is 0 Å². The van der Waals surface area contributed by atoms with Crippen LogP contribution in [-0.2, 0) is 4.79 Å². The maximum absolute atomic E-state index is 13.7. The summed E-state index contributed by atoms with van der Waals surface area (Å²) in [5, 5.41) is 3.12. The molecule has 0 radical (unpaired) electrons. The molecule has 0 aliphatic heterocycles. The standard InChI is InChI=1S/C26H27FN4O3/c1-34-22-13-11-21(12-14-22)31(26(33)23-17-28-15-16-29-23)24(18-7-9-19(27)10-8-18)25(32)30-20-5-3-2-4-6-20/h7-17,20,24H,2-6H2,1H3,(H,30,32)/t24-/m1/s1. The Labute approximate surface area is 198 Å². The third-order valence-electron chi connectivity index (χ3n) is 6.00. The number of hydrogen-bond donors (Lipinski definition) is 1. The summed E-state index contributed by atoms with van der Waals surface area (Å²) in [7, 11) is 1.55. The Bertz CT molecular complexity index is 1100. The number of hydrogen-bond acceptors (Lipinski definition) is 5. The van der Waals surface area contributed by atoms with Gasteiger partial charge in [-0.25, -0.2) is 9.37 Å². The van der Waals surface area contributed by atoms with Crippen LogP contribution in [-0.4, -0.2) is 34.9 Å². The second-order valence-corrected chi connectivity index (χ2v) is 8.26. The van der Waals surface area contributed by atoms with Crippen LogP contribution in [0.4, 0.5) is 10.1 Å². The largest absolute Gasteiger partial charge is 0.497 e. The first-order valence-electron chi connectivity index (χ1n) is 11.4. The highest BCUT2D eigenvalue weighted by Gasteiger charge is 2.35. The van der Waals surface area contributed by atoms with E-state index in [9.17, 15) is 14.0 Å². The molecule has 7 nitrogen and oxygen atoms in total. The van der Waals surface area contributed by atoms with Crippen molar-refractivity contribution in [1.82, 2.24) is 15.3 Å². The fraction of sp³-hybridized carbons (Fsp3) is 0.308. The molecule has 0 spiro atoms. The quantitative estimate of drug-likeness (QED) is 0.560. The van der Waals surface area contributed by atoms with Crippen LogP contribution in [0, 0.1) is 5.82 Å². The summed E-state index contributed by atoms with van der Waals surface area (Å²) >= 11 is 0. The van der Waals surface area contributed by atoms with Gasteiger partial charge < -0.3 is 10.1 Å². The summed E-state index contributed by atoms with van der Waals surface area (Å²) in [5.41, 5.74) is 1.06. The summed E-state index contributed by atoms with van der Waals surface area (Å²) in [4.78, 5) is 37.0. The molecular weight excluding hydrogens is 435 g/mol. The highest BCUT2D eigenvalue weighted by Crippen LogP contribution is 2.31. The number of amides is 2. The Hall–Kier alpha value is -3.81. The van der Waals surface area contributed by atoms with Crippen molar-refractivity contribution in [3.05, 3.63) is 84.2 Å². The first kappa shape index (κ1) is 23.4. The van der Waals surface area contributed by atoms with Crippen molar-refractivity contribution in [3.63, 3.8) is 0 Å². The van der Waals surface area contributed by atoms with Crippen molar-refractivity contribution < 1.29 is 18.7 Å². The van der Waals surface area contributed by atoms with Crippen LogP contribution in [0.5, 0.6) is 5.75 Å². The van der Waals surface area contributed by atoms with Crippen LogP contribution in [0.3, 0.4) is 0 Å². The van der Waals surface area contributed by atoms with Crippen molar-refractivity contribution in [2.75, 3.05) is 12.0 Å². The van der Waals surface area contributed by atoms with E-state index in [-0.39, 0.29) is 17.6 Å². The molecule has 1 aliphatic rings. The van der Waals surface area contributed by atoms with Gasteiger partial charge in [-0.3, -0.25) is 19.5 Å². The van der Waals surface area contributed by atoms with Crippen LogP contribution in [0.15, 0.2) is 67.1 Å². The van der Waals surface area contributed by atoms with E-state index in [1.54, 1.807) is 31.4 Å². The highest BCUT2D eigenvalue weighted by atomic mass is 19.1. The molecule has 4 rings (SSSR count). The molecular formula is C26H27FN4O3. The van der Waals surface area contributed by atoms with Crippen LogP contribution in [0.1, 0.15) is 54.2 Å². The molecule has 1 fully saturated rings. The molecule has 34 heavy (non-hydrogen) atoms.